The molecule has 0 aliphatic carbocycles. The molecule has 80 valence electrons. The molecular formula is C12H14BrNO. The molecule has 0 amide bonds. The van der Waals surface area contributed by atoms with E-state index in [4.69, 9.17) is 4.42 Å². The monoisotopic (exact) mass is 267 g/mol. The summed E-state index contributed by atoms with van der Waals surface area (Å²) in [6.45, 7) is 1.04. The first-order valence-electron chi connectivity index (χ1n) is 4.98. The molecule has 2 aromatic rings. The first kappa shape index (κ1) is 10.7. The van der Waals surface area contributed by atoms with Crippen molar-refractivity contribution in [3.05, 3.63) is 34.5 Å². The van der Waals surface area contributed by atoms with E-state index in [9.17, 15) is 0 Å². The summed E-state index contributed by atoms with van der Waals surface area (Å²) in [6, 6.07) is 6.15. The lowest BCUT2D eigenvalue weighted by Crippen LogP contribution is -2.14. The van der Waals surface area contributed by atoms with E-state index in [-0.39, 0.29) is 0 Å². The average molecular weight is 268 g/mol. The van der Waals surface area contributed by atoms with Gasteiger partial charge in [-0.3, -0.25) is 0 Å². The summed E-state index contributed by atoms with van der Waals surface area (Å²) in [5, 5.41) is 1.21. The molecule has 0 radical (unpaired) electrons. The molecule has 0 fully saturated rings. The number of para-hydroxylation sites is 1. The molecule has 1 heterocycles. The lowest BCUT2D eigenvalue weighted by Gasteiger charge is -2.07. The van der Waals surface area contributed by atoms with Crippen molar-refractivity contribution in [3.8, 4) is 0 Å². The van der Waals surface area contributed by atoms with E-state index in [0.717, 1.165) is 23.0 Å². The SMILES string of the molecule is CN(C)CCc1coc2c(Br)cccc12. The Balaban J connectivity index is 2.33. The Kier molecular flexibility index (Phi) is 3.12. The third-order valence-electron chi connectivity index (χ3n) is 2.46. The first-order chi connectivity index (χ1) is 7.18. The molecule has 0 aliphatic heterocycles. The number of hydrogen-bond acceptors (Lipinski definition) is 2. The van der Waals surface area contributed by atoms with Crippen LogP contribution in [0.1, 0.15) is 5.56 Å². The van der Waals surface area contributed by atoms with Crippen LogP contribution in [0.15, 0.2) is 33.4 Å². The number of benzene rings is 1. The number of fused-ring (bicyclic) bond motifs is 1. The Labute approximate surface area is 98.0 Å². The van der Waals surface area contributed by atoms with Crippen LogP contribution in [-0.2, 0) is 6.42 Å². The van der Waals surface area contributed by atoms with Crippen LogP contribution in [0.2, 0.25) is 0 Å². The quantitative estimate of drug-likeness (QED) is 0.849. The molecule has 15 heavy (non-hydrogen) atoms. The summed E-state index contributed by atoms with van der Waals surface area (Å²) in [7, 11) is 4.16. The fraction of sp³-hybridized carbons (Fsp3) is 0.333. The molecule has 2 nitrogen and oxygen atoms in total. The van der Waals surface area contributed by atoms with Crippen molar-refractivity contribution < 1.29 is 4.42 Å². The van der Waals surface area contributed by atoms with Crippen LogP contribution in [0.25, 0.3) is 11.0 Å². The molecule has 0 bridgehead atoms. The number of likely N-dealkylation sites (N-methyl/N-ethyl adjacent to an activating group) is 1. The highest BCUT2D eigenvalue weighted by atomic mass is 79.9. The van der Waals surface area contributed by atoms with Gasteiger partial charge in [0.15, 0.2) is 0 Å². The number of nitrogens with zero attached hydrogens (tertiary/aromatic N) is 1. The lowest BCUT2D eigenvalue weighted by molar-refractivity contribution is 0.413. The van der Waals surface area contributed by atoms with Gasteiger partial charge in [-0.05, 0) is 48.1 Å². The van der Waals surface area contributed by atoms with E-state index in [1.807, 2.05) is 18.4 Å². The van der Waals surface area contributed by atoms with Crippen LogP contribution in [0.4, 0.5) is 0 Å². The molecule has 1 aromatic heterocycles. The fourth-order valence-corrected chi connectivity index (χ4v) is 2.07. The topological polar surface area (TPSA) is 16.4 Å². The zero-order valence-electron chi connectivity index (χ0n) is 8.96. The third-order valence-corrected chi connectivity index (χ3v) is 3.08. The Bertz CT molecular complexity index is 462. The van der Waals surface area contributed by atoms with Gasteiger partial charge in [0.25, 0.3) is 0 Å². The van der Waals surface area contributed by atoms with Crippen LogP contribution >= 0.6 is 15.9 Å². The van der Waals surface area contributed by atoms with Gasteiger partial charge in [0.05, 0.1) is 10.7 Å². The largest absolute Gasteiger partial charge is 0.463 e. The lowest BCUT2D eigenvalue weighted by atomic mass is 10.1. The molecule has 0 N–H and O–H groups in total. The molecular weight excluding hydrogens is 254 g/mol. The standard InChI is InChI=1S/C12H14BrNO/c1-14(2)7-6-9-8-15-12-10(9)4-3-5-11(12)13/h3-5,8H,6-7H2,1-2H3. The van der Waals surface area contributed by atoms with Gasteiger partial charge < -0.3 is 9.32 Å². The summed E-state index contributed by atoms with van der Waals surface area (Å²) in [4.78, 5) is 2.18. The Morgan fingerprint density at radius 3 is 2.87 bits per heavy atom. The van der Waals surface area contributed by atoms with Crippen molar-refractivity contribution in [1.29, 1.82) is 0 Å². The minimum Gasteiger partial charge on any atom is -0.463 e. The van der Waals surface area contributed by atoms with Crippen molar-refractivity contribution in [2.45, 2.75) is 6.42 Å². The van der Waals surface area contributed by atoms with Crippen LogP contribution in [-0.4, -0.2) is 25.5 Å². The second-order valence-corrected chi connectivity index (χ2v) is 4.79. The average Bonchev–Trinajstić information content (AvgIpc) is 2.59. The van der Waals surface area contributed by atoms with Crippen molar-refractivity contribution >= 4 is 26.9 Å². The molecule has 0 unspecified atom stereocenters. The minimum absolute atomic E-state index is 0.950. The molecule has 2 rings (SSSR count). The molecule has 0 spiro atoms. The maximum atomic E-state index is 5.55. The highest BCUT2D eigenvalue weighted by Crippen LogP contribution is 2.28. The zero-order chi connectivity index (χ0) is 10.8. The highest BCUT2D eigenvalue weighted by molar-refractivity contribution is 9.10. The normalized spacial score (nSPS) is 11.5. The predicted octanol–water partition coefficient (Wildman–Crippen LogP) is 3.30. The van der Waals surface area contributed by atoms with Crippen LogP contribution in [0.5, 0.6) is 0 Å². The Hall–Kier alpha value is -0.800. The van der Waals surface area contributed by atoms with Gasteiger partial charge in [-0.2, -0.15) is 0 Å². The number of furan rings is 1. The smallest absolute Gasteiger partial charge is 0.148 e. The maximum absolute atomic E-state index is 5.55. The van der Waals surface area contributed by atoms with Crippen LogP contribution < -0.4 is 0 Å². The van der Waals surface area contributed by atoms with Gasteiger partial charge in [-0.15, -0.1) is 0 Å². The van der Waals surface area contributed by atoms with E-state index in [2.05, 4.69) is 41.0 Å². The summed E-state index contributed by atoms with van der Waals surface area (Å²) < 4.78 is 6.57. The summed E-state index contributed by atoms with van der Waals surface area (Å²) in [6.07, 6.45) is 2.88. The van der Waals surface area contributed by atoms with Crippen molar-refractivity contribution in [1.82, 2.24) is 4.90 Å². The van der Waals surface area contributed by atoms with Crippen molar-refractivity contribution in [2.75, 3.05) is 20.6 Å². The van der Waals surface area contributed by atoms with Crippen LogP contribution in [0, 0.1) is 0 Å². The zero-order valence-corrected chi connectivity index (χ0v) is 10.5. The molecule has 0 aliphatic rings. The predicted molar refractivity (Wildman–Crippen MR) is 66.2 cm³/mol. The number of hydrogen-bond donors (Lipinski definition) is 0. The third kappa shape index (κ3) is 2.24. The maximum Gasteiger partial charge on any atom is 0.148 e. The Morgan fingerprint density at radius 1 is 1.33 bits per heavy atom. The van der Waals surface area contributed by atoms with Gasteiger partial charge in [0.1, 0.15) is 5.58 Å². The molecule has 0 atom stereocenters. The number of rotatable bonds is 3. The summed E-state index contributed by atoms with van der Waals surface area (Å²) >= 11 is 3.49. The van der Waals surface area contributed by atoms with Gasteiger partial charge >= 0.3 is 0 Å². The molecule has 1 aromatic carbocycles. The highest BCUT2D eigenvalue weighted by Gasteiger charge is 2.07. The van der Waals surface area contributed by atoms with E-state index >= 15 is 0 Å². The van der Waals surface area contributed by atoms with E-state index in [1.165, 1.54) is 10.9 Å². The van der Waals surface area contributed by atoms with Crippen LogP contribution in [0.3, 0.4) is 0 Å². The Morgan fingerprint density at radius 2 is 2.13 bits per heavy atom. The first-order valence-corrected chi connectivity index (χ1v) is 5.77. The summed E-state index contributed by atoms with van der Waals surface area (Å²) in [5.41, 5.74) is 2.23. The van der Waals surface area contributed by atoms with E-state index in [0.29, 0.717) is 0 Å². The van der Waals surface area contributed by atoms with Gasteiger partial charge in [0.2, 0.25) is 0 Å². The minimum atomic E-state index is 0.950. The number of halogens is 1. The molecule has 0 saturated carbocycles. The van der Waals surface area contributed by atoms with E-state index < -0.39 is 0 Å². The van der Waals surface area contributed by atoms with Gasteiger partial charge in [-0.1, -0.05) is 12.1 Å². The van der Waals surface area contributed by atoms with Crippen molar-refractivity contribution in [3.63, 3.8) is 0 Å². The van der Waals surface area contributed by atoms with E-state index in [1.54, 1.807) is 0 Å². The van der Waals surface area contributed by atoms with Gasteiger partial charge in [0, 0.05) is 11.9 Å². The second-order valence-electron chi connectivity index (χ2n) is 3.93. The summed E-state index contributed by atoms with van der Waals surface area (Å²) in [5.74, 6) is 0. The van der Waals surface area contributed by atoms with Gasteiger partial charge in [-0.25, -0.2) is 0 Å². The fourth-order valence-electron chi connectivity index (χ4n) is 1.61. The second kappa shape index (κ2) is 4.37. The molecule has 3 heteroatoms. The molecule has 0 saturated heterocycles. The van der Waals surface area contributed by atoms with Crippen molar-refractivity contribution in [2.24, 2.45) is 0 Å².